The van der Waals surface area contributed by atoms with Gasteiger partial charge in [0, 0.05) is 11.8 Å². The van der Waals surface area contributed by atoms with Gasteiger partial charge in [-0.25, -0.2) is 8.42 Å². The third kappa shape index (κ3) is 4.14. The van der Waals surface area contributed by atoms with Crippen LogP contribution < -0.4 is 11.5 Å². The number of aryl methyl sites for hydroxylation is 1. The quantitative estimate of drug-likeness (QED) is 0.636. The highest BCUT2D eigenvalue weighted by molar-refractivity contribution is 7.90. The maximum Gasteiger partial charge on any atom is 0.280 e. The number of carbonyl (C=O) groups is 1. The molecule has 1 saturated carbocycles. The van der Waals surface area contributed by atoms with E-state index in [2.05, 4.69) is 4.99 Å². The van der Waals surface area contributed by atoms with Crippen LogP contribution in [-0.4, -0.2) is 26.5 Å². The zero-order chi connectivity index (χ0) is 17.9. The molecule has 0 aliphatic heterocycles. The van der Waals surface area contributed by atoms with Crippen molar-refractivity contribution in [2.45, 2.75) is 56.3 Å². The number of hydrogen-bond acceptors (Lipinski definition) is 3. The molecule has 132 valence electrons. The van der Waals surface area contributed by atoms with Crippen molar-refractivity contribution in [3.63, 3.8) is 0 Å². The van der Waals surface area contributed by atoms with Crippen molar-refractivity contribution in [1.29, 1.82) is 0 Å². The van der Waals surface area contributed by atoms with Crippen molar-refractivity contribution < 1.29 is 13.2 Å². The third-order valence-corrected chi connectivity index (χ3v) is 5.67. The number of benzene rings is 1. The van der Waals surface area contributed by atoms with Gasteiger partial charge in [0.05, 0.1) is 4.90 Å². The molecule has 0 saturated heterocycles. The largest absolute Gasteiger partial charge is 0.370 e. The monoisotopic (exact) mass is 351 g/mol. The summed E-state index contributed by atoms with van der Waals surface area (Å²) in [7, 11) is -3.46. The van der Waals surface area contributed by atoms with E-state index in [4.69, 9.17) is 11.5 Å². The van der Waals surface area contributed by atoms with Gasteiger partial charge in [-0.1, -0.05) is 32.3 Å². The summed E-state index contributed by atoms with van der Waals surface area (Å²) in [5.41, 5.74) is 12.4. The SMILES string of the molecule is CCc1cc(C2CCCCC2)c(S(C)(=O)=O)cc1C(=O)N=C(N)N. The first-order valence-electron chi connectivity index (χ1n) is 8.24. The van der Waals surface area contributed by atoms with Crippen LogP contribution in [0.4, 0.5) is 0 Å². The molecule has 1 aliphatic rings. The Bertz CT molecular complexity index is 760. The van der Waals surface area contributed by atoms with Gasteiger partial charge in [0.15, 0.2) is 15.8 Å². The molecule has 4 N–H and O–H groups in total. The van der Waals surface area contributed by atoms with Crippen molar-refractivity contribution >= 4 is 21.7 Å². The molecule has 0 spiro atoms. The summed E-state index contributed by atoms with van der Waals surface area (Å²) in [5.74, 6) is -0.715. The molecule has 1 aromatic carbocycles. The van der Waals surface area contributed by atoms with Crippen LogP contribution in [0.1, 0.15) is 66.4 Å². The molecular formula is C17H25N3O3S. The Hall–Kier alpha value is -1.89. The second-order valence-electron chi connectivity index (χ2n) is 6.35. The average Bonchev–Trinajstić information content (AvgIpc) is 2.52. The van der Waals surface area contributed by atoms with Gasteiger partial charge in [-0.15, -0.1) is 0 Å². The Balaban J connectivity index is 2.64. The zero-order valence-corrected chi connectivity index (χ0v) is 15.0. The van der Waals surface area contributed by atoms with Crippen LogP contribution in [0.2, 0.25) is 0 Å². The van der Waals surface area contributed by atoms with E-state index in [9.17, 15) is 13.2 Å². The summed E-state index contributed by atoms with van der Waals surface area (Å²) in [6.45, 7) is 1.92. The van der Waals surface area contributed by atoms with Crippen LogP contribution in [0.3, 0.4) is 0 Å². The van der Waals surface area contributed by atoms with Gasteiger partial charge in [-0.2, -0.15) is 4.99 Å². The van der Waals surface area contributed by atoms with E-state index >= 15 is 0 Å². The fourth-order valence-corrected chi connectivity index (χ4v) is 4.35. The number of rotatable bonds is 4. The summed E-state index contributed by atoms with van der Waals surface area (Å²) < 4.78 is 24.6. The Morgan fingerprint density at radius 1 is 1.21 bits per heavy atom. The Labute approximate surface area is 143 Å². The predicted octanol–water partition coefficient (Wildman–Crippen LogP) is 2.11. The minimum Gasteiger partial charge on any atom is -0.370 e. The smallest absolute Gasteiger partial charge is 0.280 e. The van der Waals surface area contributed by atoms with Crippen LogP contribution in [0.15, 0.2) is 22.0 Å². The maximum absolute atomic E-state index is 12.3. The Morgan fingerprint density at radius 2 is 1.83 bits per heavy atom. The highest BCUT2D eigenvalue weighted by Crippen LogP contribution is 2.37. The number of sulfone groups is 1. The zero-order valence-electron chi connectivity index (χ0n) is 14.2. The van der Waals surface area contributed by atoms with E-state index in [1.165, 1.54) is 18.7 Å². The topological polar surface area (TPSA) is 116 Å². The van der Waals surface area contributed by atoms with Gasteiger partial charge < -0.3 is 11.5 Å². The molecule has 1 aromatic rings. The summed E-state index contributed by atoms with van der Waals surface area (Å²) in [6.07, 6.45) is 7.13. The lowest BCUT2D eigenvalue weighted by Crippen LogP contribution is -2.24. The number of hydrogen-bond donors (Lipinski definition) is 2. The van der Waals surface area contributed by atoms with Gasteiger partial charge >= 0.3 is 0 Å². The summed E-state index contributed by atoms with van der Waals surface area (Å²) in [6, 6.07) is 3.31. The number of amides is 1. The summed E-state index contributed by atoms with van der Waals surface area (Å²) >= 11 is 0. The van der Waals surface area contributed by atoms with E-state index in [1.54, 1.807) is 0 Å². The molecule has 6 nitrogen and oxygen atoms in total. The number of nitrogens with zero attached hydrogens (tertiary/aromatic N) is 1. The number of guanidine groups is 1. The molecule has 1 amide bonds. The van der Waals surface area contributed by atoms with Crippen LogP contribution in [-0.2, 0) is 16.3 Å². The van der Waals surface area contributed by atoms with E-state index < -0.39 is 15.7 Å². The minimum absolute atomic E-state index is 0.223. The van der Waals surface area contributed by atoms with Gasteiger partial charge in [-0.05, 0) is 42.4 Å². The number of aliphatic imine (C=N–C) groups is 1. The molecule has 0 aromatic heterocycles. The average molecular weight is 351 g/mol. The van der Waals surface area contributed by atoms with E-state index in [1.807, 2.05) is 13.0 Å². The first kappa shape index (κ1) is 18.4. The molecule has 1 fully saturated rings. The Kier molecular flexibility index (Phi) is 5.64. The minimum atomic E-state index is -3.46. The molecular weight excluding hydrogens is 326 g/mol. The normalized spacial score (nSPS) is 15.9. The lowest BCUT2D eigenvalue weighted by molar-refractivity contribution is 0.100. The second kappa shape index (κ2) is 7.34. The lowest BCUT2D eigenvalue weighted by atomic mass is 9.82. The first-order chi connectivity index (χ1) is 11.2. The van der Waals surface area contributed by atoms with E-state index in [0.29, 0.717) is 6.42 Å². The fraction of sp³-hybridized carbons (Fsp3) is 0.529. The van der Waals surface area contributed by atoms with Gasteiger partial charge in [-0.3, -0.25) is 4.79 Å². The van der Waals surface area contributed by atoms with Crippen molar-refractivity contribution in [2.75, 3.05) is 6.26 Å². The molecule has 0 unspecified atom stereocenters. The molecule has 2 rings (SSSR count). The Morgan fingerprint density at radius 3 is 2.33 bits per heavy atom. The summed E-state index contributed by atoms with van der Waals surface area (Å²) in [4.78, 5) is 16.0. The highest BCUT2D eigenvalue weighted by Gasteiger charge is 2.26. The summed E-state index contributed by atoms with van der Waals surface area (Å²) in [5, 5.41) is 0. The molecule has 0 atom stereocenters. The number of carbonyl (C=O) groups excluding carboxylic acids is 1. The van der Waals surface area contributed by atoms with Crippen molar-refractivity contribution in [1.82, 2.24) is 0 Å². The predicted molar refractivity (Wildman–Crippen MR) is 94.9 cm³/mol. The first-order valence-corrected chi connectivity index (χ1v) is 10.1. The molecule has 0 bridgehead atoms. The van der Waals surface area contributed by atoms with Crippen LogP contribution >= 0.6 is 0 Å². The van der Waals surface area contributed by atoms with Gasteiger partial charge in [0.2, 0.25) is 0 Å². The maximum atomic E-state index is 12.3. The van der Waals surface area contributed by atoms with Gasteiger partial charge in [0.1, 0.15) is 0 Å². The van der Waals surface area contributed by atoms with E-state index in [-0.39, 0.29) is 22.3 Å². The molecule has 1 aliphatic carbocycles. The third-order valence-electron chi connectivity index (χ3n) is 4.52. The highest BCUT2D eigenvalue weighted by atomic mass is 32.2. The second-order valence-corrected chi connectivity index (χ2v) is 8.33. The fourth-order valence-electron chi connectivity index (χ4n) is 3.37. The van der Waals surface area contributed by atoms with Crippen LogP contribution in [0.5, 0.6) is 0 Å². The van der Waals surface area contributed by atoms with Crippen molar-refractivity contribution in [2.24, 2.45) is 16.5 Å². The van der Waals surface area contributed by atoms with Crippen LogP contribution in [0.25, 0.3) is 0 Å². The van der Waals surface area contributed by atoms with Crippen molar-refractivity contribution in [3.8, 4) is 0 Å². The molecule has 7 heteroatoms. The molecule has 0 heterocycles. The molecule has 24 heavy (non-hydrogen) atoms. The number of nitrogens with two attached hydrogens (primary N) is 2. The van der Waals surface area contributed by atoms with E-state index in [0.717, 1.165) is 36.8 Å². The van der Waals surface area contributed by atoms with Gasteiger partial charge in [0.25, 0.3) is 5.91 Å². The lowest BCUT2D eigenvalue weighted by Gasteiger charge is -2.25. The van der Waals surface area contributed by atoms with Crippen LogP contribution in [0, 0.1) is 0 Å². The van der Waals surface area contributed by atoms with Crippen molar-refractivity contribution in [3.05, 3.63) is 28.8 Å². The standard InChI is InChI=1S/C17H25N3O3S/c1-3-11-9-13(12-7-5-4-6-8-12)15(24(2,22)23)10-14(11)16(21)20-17(18)19/h9-10,12H,3-8H2,1-2H3,(H4,18,19,20,21). The molecule has 0 radical (unpaired) electrons.